The Kier molecular flexibility index (Phi) is 4.58. The van der Waals surface area contributed by atoms with Gasteiger partial charge in [-0.2, -0.15) is 0 Å². The van der Waals surface area contributed by atoms with E-state index in [1.54, 1.807) is 19.1 Å². The van der Waals surface area contributed by atoms with Crippen molar-refractivity contribution in [3.8, 4) is 5.75 Å². The maximum atomic E-state index is 5.36. The van der Waals surface area contributed by atoms with Gasteiger partial charge in [0.2, 0.25) is 0 Å². The lowest BCUT2D eigenvalue weighted by atomic mass is 10.2. The van der Waals surface area contributed by atoms with Crippen molar-refractivity contribution in [3.63, 3.8) is 0 Å². The summed E-state index contributed by atoms with van der Waals surface area (Å²) in [6.45, 7) is 2.08. The van der Waals surface area contributed by atoms with Crippen molar-refractivity contribution in [1.82, 2.24) is 0 Å². The van der Waals surface area contributed by atoms with Gasteiger partial charge in [0.05, 0.1) is 12.0 Å². The molecule has 19 heavy (non-hydrogen) atoms. The molecule has 2 aromatic carbocycles. The summed E-state index contributed by atoms with van der Waals surface area (Å²) < 4.78 is 8.69. The van der Waals surface area contributed by atoms with E-state index < -0.39 is 0 Å². The number of ether oxygens (including phenoxy) is 1. The molecule has 100 valence electrons. The summed E-state index contributed by atoms with van der Waals surface area (Å²) in [5.74, 6) is 0.864. The van der Waals surface area contributed by atoms with Crippen LogP contribution in [0.3, 0.4) is 0 Å². The van der Waals surface area contributed by atoms with Gasteiger partial charge in [0.15, 0.2) is 0 Å². The summed E-state index contributed by atoms with van der Waals surface area (Å²) in [4.78, 5) is 1.05. The molecule has 0 aromatic heterocycles. The van der Waals surface area contributed by atoms with Crippen LogP contribution in [-0.2, 0) is 0 Å². The van der Waals surface area contributed by atoms with E-state index in [0.29, 0.717) is 0 Å². The summed E-state index contributed by atoms with van der Waals surface area (Å²) in [6, 6.07) is 14.3. The van der Waals surface area contributed by atoms with E-state index in [1.165, 1.54) is 5.56 Å². The molecule has 0 aliphatic heterocycles. The number of hydrogen-bond donors (Lipinski definition) is 2. The Morgan fingerprint density at radius 1 is 1.00 bits per heavy atom. The predicted molar refractivity (Wildman–Crippen MR) is 83.2 cm³/mol. The average molecular weight is 274 g/mol. The molecule has 0 fully saturated rings. The van der Waals surface area contributed by atoms with Crippen LogP contribution >= 0.6 is 11.9 Å². The Morgan fingerprint density at radius 2 is 1.68 bits per heavy atom. The van der Waals surface area contributed by atoms with Crippen LogP contribution in [0.2, 0.25) is 0 Å². The van der Waals surface area contributed by atoms with Crippen LogP contribution < -0.4 is 14.8 Å². The van der Waals surface area contributed by atoms with Crippen molar-refractivity contribution in [3.05, 3.63) is 48.0 Å². The lowest BCUT2D eigenvalue weighted by Gasteiger charge is -2.11. The van der Waals surface area contributed by atoms with Crippen LogP contribution in [0, 0.1) is 6.92 Å². The first-order valence-electron chi connectivity index (χ1n) is 6.08. The zero-order valence-corrected chi connectivity index (χ0v) is 12.2. The molecule has 0 saturated carbocycles. The highest BCUT2D eigenvalue weighted by Gasteiger charge is 2.05. The molecule has 0 aliphatic carbocycles. The number of benzene rings is 2. The lowest BCUT2D eigenvalue weighted by molar-refractivity contribution is 0.405. The highest BCUT2D eigenvalue weighted by Crippen LogP contribution is 2.32. The third-order valence-corrected chi connectivity index (χ3v) is 3.66. The first-order chi connectivity index (χ1) is 9.22. The largest absolute Gasteiger partial charge is 0.496 e. The zero-order valence-electron chi connectivity index (χ0n) is 11.4. The van der Waals surface area contributed by atoms with Gasteiger partial charge in [-0.1, -0.05) is 17.7 Å². The predicted octanol–water partition coefficient (Wildman–Crippen LogP) is 4.16. The van der Waals surface area contributed by atoms with Gasteiger partial charge in [0.1, 0.15) is 5.75 Å². The molecular weight excluding hydrogens is 256 g/mol. The topological polar surface area (TPSA) is 33.3 Å². The molecule has 0 radical (unpaired) electrons. The molecule has 0 amide bonds. The van der Waals surface area contributed by atoms with E-state index in [2.05, 4.69) is 47.3 Å². The third kappa shape index (κ3) is 3.58. The normalized spacial score (nSPS) is 10.1. The highest BCUT2D eigenvalue weighted by molar-refractivity contribution is 8.00. The van der Waals surface area contributed by atoms with Crippen molar-refractivity contribution < 1.29 is 4.74 Å². The van der Waals surface area contributed by atoms with Crippen molar-refractivity contribution in [2.45, 2.75) is 11.8 Å². The van der Waals surface area contributed by atoms with E-state index in [-0.39, 0.29) is 0 Å². The molecule has 4 heteroatoms. The fourth-order valence-corrected chi connectivity index (χ4v) is 2.45. The molecule has 0 aliphatic rings. The van der Waals surface area contributed by atoms with Gasteiger partial charge < -0.3 is 14.8 Å². The zero-order chi connectivity index (χ0) is 13.7. The maximum absolute atomic E-state index is 5.36. The monoisotopic (exact) mass is 274 g/mol. The van der Waals surface area contributed by atoms with Gasteiger partial charge in [0.25, 0.3) is 0 Å². The molecule has 2 N–H and O–H groups in total. The van der Waals surface area contributed by atoms with Crippen LogP contribution in [0.1, 0.15) is 5.56 Å². The van der Waals surface area contributed by atoms with E-state index in [1.807, 2.05) is 19.2 Å². The minimum atomic E-state index is 0.864. The van der Waals surface area contributed by atoms with Crippen molar-refractivity contribution in [1.29, 1.82) is 0 Å². The number of anilines is 2. The summed E-state index contributed by atoms with van der Waals surface area (Å²) in [5.41, 5.74) is 3.40. The Balaban J connectivity index is 2.11. The Bertz CT molecular complexity index is 540. The first-order valence-corrected chi connectivity index (χ1v) is 6.90. The molecule has 0 spiro atoms. The minimum absolute atomic E-state index is 0.864. The van der Waals surface area contributed by atoms with Gasteiger partial charge in [-0.15, -0.1) is 0 Å². The van der Waals surface area contributed by atoms with Crippen LogP contribution in [0.15, 0.2) is 47.4 Å². The van der Waals surface area contributed by atoms with Crippen LogP contribution in [0.25, 0.3) is 0 Å². The van der Waals surface area contributed by atoms with E-state index in [0.717, 1.165) is 22.0 Å². The first kappa shape index (κ1) is 13.6. The average Bonchev–Trinajstić information content (AvgIpc) is 2.46. The fraction of sp³-hybridized carbons (Fsp3) is 0.200. The van der Waals surface area contributed by atoms with Gasteiger partial charge in [-0.05, 0) is 49.2 Å². The standard InChI is InChI=1S/C15H18N2OS/c1-11-4-6-12(7-5-11)17-19-15-10-13(16-2)8-9-14(15)18-3/h4-10,16-17H,1-3H3. The van der Waals surface area contributed by atoms with E-state index >= 15 is 0 Å². The van der Waals surface area contributed by atoms with E-state index in [4.69, 9.17) is 4.74 Å². The molecule has 0 heterocycles. The Morgan fingerprint density at radius 3 is 2.32 bits per heavy atom. The van der Waals surface area contributed by atoms with Gasteiger partial charge in [-0.3, -0.25) is 0 Å². The van der Waals surface area contributed by atoms with Gasteiger partial charge >= 0.3 is 0 Å². The summed E-state index contributed by atoms with van der Waals surface area (Å²) >= 11 is 1.55. The number of nitrogens with one attached hydrogen (secondary N) is 2. The number of rotatable bonds is 5. The second kappa shape index (κ2) is 6.38. The number of hydrogen-bond acceptors (Lipinski definition) is 4. The molecule has 2 aromatic rings. The van der Waals surface area contributed by atoms with E-state index in [9.17, 15) is 0 Å². The molecule has 0 atom stereocenters. The van der Waals surface area contributed by atoms with Crippen molar-refractivity contribution >= 4 is 23.3 Å². The summed E-state index contributed by atoms with van der Waals surface area (Å²) in [7, 11) is 3.59. The number of methoxy groups -OCH3 is 1. The maximum Gasteiger partial charge on any atom is 0.134 e. The molecule has 0 bridgehead atoms. The fourth-order valence-electron chi connectivity index (χ4n) is 1.65. The molecule has 2 rings (SSSR count). The third-order valence-electron chi connectivity index (χ3n) is 2.78. The second-order valence-electron chi connectivity index (χ2n) is 4.19. The van der Waals surface area contributed by atoms with Gasteiger partial charge in [-0.25, -0.2) is 0 Å². The molecule has 0 saturated heterocycles. The smallest absolute Gasteiger partial charge is 0.134 e. The van der Waals surface area contributed by atoms with Crippen LogP contribution in [0.5, 0.6) is 5.75 Å². The van der Waals surface area contributed by atoms with Crippen molar-refractivity contribution in [2.75, 3.05) is 24.2 Å². The number of aryl methyl sites for hydroxylation is 1. The van der Waals surface area contributed by atoms with Crippen molar-refractivity contribution in [2.24, 2.45) is 0 Å². The van der Waals surface area contributed by atoms with Gasteiger partial charge in [0, 0.05) is 18.4 Å². The minimum Gasteiger partial charge on any atom is -0.496 e. The van der Waals surface area contributed by atoms with Crippen LogP contribution in [-0.4, -0.2) is 14.2 Å². The summed E-state index contributed by atoms with van der Waals surface area (Å²) in [6.07, 6.45) is 0. The Labute approximate surface area is 118 Å². The SMILES string of the molecule is CNc1ccc(OC)c(SNc2ccc(C)cc2)c1. The highest BCUT2D eigenvalue weighted by atomic mass is 32.2. The molecule has 0 unspecified atom stereocenters. The second-order valence-corrected chi connectivity index (χ2v) is 5.03. The lowest BCUT2D eigenvalue weighted by Crippen LogP contribution is -1.93. The summed E-state index contributed by atoms with van der Waals surface area (Å²) in [5, 5.41) is 3.13. The quantitative estimate of drug-likeness (QED) is 0.802. The molecule has 3 nitrogen and oxygen atoms in total. The van der Waals surface area contributed by atoms with Crippen LogP contribution in [0.4, 0.5) is 11.4 Å². The molecular formula is C15H18N2OS. The Hall–Kier alpha value is -1.81.